The average molecular weight is 724 g/mol. The van der Waals surface area contributed by atoms with Crippen LogP contribution in [0.25, 0.3) is 77.4 Å². The number of pyridine rings is 1. The number of para-hydroxylation sites is 1. The normalized spacial score (nSPS) is 12.7. The summed E-state index contributed by atoms with van der Waals surface area (Å²) in [4.78, 5) is 5.42. The van der Waals surface area contributed by atoms with E-state index in [2.05, 4.69) is 224 Å². The van der Waals surface area contributed by atoms with Crippen LogP contribution in [0.5, 0.6) is 0 Å². The first-order valence-corrected chi connectivity index (χ1v) is 19.7. The van der Waals surface area contributed by atoms with Gasteiger partial charge < -0.3 is 0 Å². The standard InChI is InChI=1S/C56H37N/c1-5-17-38(18-6-1)42-35-43(39-19-7-2-8-20-39)37-44(36-42)40-29-31-41(32-30-40)55-49-33-34-51-54(53(49)48-26-14-16-28-52(48)57-55)47-25-13-15-27-50(47)56(51,45-21-9-3-10-22-45)46-23-11-4-12-24-46/h1-37H. The van der Waals surface area contributed by atoms with Gasteiger partial charge in [0, 0.05) is 21.7 Å². The zero-order chi connectivity index (χ0) is 37.8. The van der Waals surface area contributed by atoms with E-state index in [4.69, 9.17) is 4.98 Å². The molecule has 0 saturated heterocycles. The van der Waals surface area contributed by atoms with Gasteiger partial charge in [-0.25, -0.2) is 4.98 Å². The third kappa shape index (κ3) is 5.28. The Balaban J connectivity index is 1.12. The molecule has 0 saturated carbocycles. The molecular weight excluding hydrogens is 687 g/mol. The summed E-state index contributed by atoms with van der Waals surface area (Å²) < 4.78 is 0. The van der Waals surface area contributed by atoms with Crippen molar-refractivity contribution in [1.82, 2.24) is 4.98 Å². The summed E-state index contributed by atoms with van der Waals surface area (Å²) in [6, 6.07) is 81.8. The Morgan fingerprint density at radius 3 is 1.39 bits per heavy atom. The van der Waals surface area contributed by atoms with Crippen LogP contribution in [0.2, 0.25) is 0 Å². The molecule has 9 aromatic carbocycles. The van der Waals surface area contributed by atoms with Crippen molar-refractivity contribution in [2.75, 3.05) is 0 Å². The van der Waals surface area contributed by atoms with Crippen molar-refractivity contribution in [3.05, 3.63) is 247 Å². The summed E-state index contributed by atoms with van der Waals surface area (Å²) in [5.41, 5.74) is 17.5. The topological polar surface area (TPSA) is 12.9 Å². The Labute approximate surface area is 333 Å². The molecule has 11 rings (SSSR count). The summed E-state index contributed by atoms with van der Waals surface area (Å²) in [5, 5.41) is 3.58. The predicted molar refractivity (Wildman–Crippen MR) is 238 cm³/mol. The summed E-state index contributed by atoms with van der Waals surface area (Å²) in [6.45, 7) is 0. The van der Waals surface area contributed by atoms with Gasteiger partial charge in [0.05, 0.1) is 16.6 Å². The van der Waals surface area contributed by atoms with Crippen molar-refractivity contribution in [3.8, 4) is 55.8 Å². The Morgan fingerprint density at radius 2 is 0.789 bits per heavy atom. The van der Waals surface area contributed by atoms with Crippen LogP contribution in [0.15, 0.2) is 224 Å². The second-order valence-corrected chi connectivity index (χ2v) is 15.0. The van der Waals surface area contributed by atoms with Gasteiger partial charge in [0.15, 0.2) is 0 Å². The second-order valence-electron chi connectivity index (χ2n) is 15.0. The molecule has 1 nitrogen and oxygen atoms in total. The van der Waals surface area contributed by atoms with Crippen LogP contribution in [0.4, 0.5) is 0 Å². The van der Waals surface area contributed by atoms with E-state index >= 15 is 0 Å². The number of hydrogen-bond acceptors (Lipinski definition) is 1. The smallest absolute Gasteiger partial charge is 0.0788 e. The number of aromatic nitrogens is 1. The monoisotopic (exact) mass is 723 g/mol. The molecule has 1 aliphatic carbocycles. The number of benzene rings is 9. The Bertz CT molecular complexity index is 2980. The van der Waals surface area contributed by atoms with Crippen molar-refractivity contribution in [1.29, 1.82) is 0 Å². The molecule has 57 heavy (non-hydrogen) atoms. The van der Waals surface area contributed by atoms with Crippen LogP contribution in [0.3, 0.4) is 0 Å². The minimum atomic E-state index is -0.471. The number of fused-ring (bicyclic) bond motifs is 7. The Kier molecular flexibility index (Phi) is 7.79. The zero-order valence-electron chi connectivity index (χ0n) is 31.3. The van der Waals surface area contributed by atoms with Crippen molar-refractivity contribution in [2.45, 2.75) is 5.41 Å². The van der Waals surface area contributed by atoms with Crippen LogP contribution in [-0.2, 0) is 5.41 Å². The van der Waals surface area contributed by atoms with Crippen LogP contribution < -0.4 is 0 Å². The van der Waals surface area contributed by atoms with Crippen LogP contribution in [0, 0.1) is 0 Å². The molecule has 1 heteroatoms. The molecule has 1 heterocycles. The fourth-order valence-corrected chi connectivity index (χ4v) is 9.40. The summed E-state index contributed by atoms with van der Waals surface area (Å²) in [6.07, 6.45) is 0. The molecule has 0 N–H and O–H groups in total. The van der Waals surface area contributed by atoms with Crippen molar-refractivity contribution in [3.63, 3.8) is 0 Å². The summed E-state index contributed by atoms with van der Waals surface area (Å²) in [5.74, 6) is 0. The zero-order valence-corrected chi connectivity index (χ0v) is 31.3. The van der Waals surface area contributed by atoms with Gasteiger partial charge in [-0.05, 0) is 91.0 Å². The van der Waals surface area contributed by atoms with Gasteiger partial charge in [0.25, 0.3) is 0 Å². The molecule has 0 bridgehead atoms. The molecule has 0 amide bonds. The number of hydrogen-bond donors (Lipinski definition) is 0. The SMILES string of the molecule is c1ccc(-c2cc(-c3ccccc3)cc(-c3ccc(-c4nc5ccccc5c5c6c(ccc45)C(c4ccccc4)(c4ccccc4)c4ccccc4-6)cc3)c2)cc1. The van der Waals surface area contributed by atoms with Gasteiger partial charge in [-0.1, -0.05) is 200 Å². The van der Waals surface area contributed by atoms with E-state index in [1.165, 1.54) is 77.5 Å². The Morgan fingerprint density at radius 1 is 0.316 bits per heavy atom. The highest BCUT2D eigenvalue weighted by molar-refractivity contribution is 6.19. The molecular formula is C56H37N. The van der Waals surface area contributed by atoms with E-state index in [9.17, 15) is 0 Å². The van der Waals surface area contributed by atoms with E-state index in [-0.39, 0.29) is 0 Å². The Hall–Kier alpha value is -7.35. The maximum atomic E-state index is 5.42. The fourth-order valence-electron chi connectivity index (χ4n) is 9.40. The molecule has 0 spiro atoms. The molecule has 0 atom stereocenters. The first kappa shape index (κ1) is 33.0. The van der Waals surface area contributed by atoms with Gasteiger partial charge >= 0.3 is 0 Å². The minimum absolute atomic E-state index is 0.471. The second kappa shape index (κ2) is 13.4. The molecule has 10 aromatic rings. The van der Waals surface area contributed by atoms with E-state index in [0.29, 0.717) is 0 Å². The fraction of sp³-hybridized carbons (Fsp3) is 0.0179. The average Bonchev–Trinajstić information content (AvgIpc) is 3.61. The van der Waals surface area contributed by atoms with Crippen LogP contribution in [-0.4, -0.2) is 4.98 Å². The number of rotatable bonds is 6. The molecule has 266 valence electrons. The number of nitrogens with zero attached hydrogens (tertiary/aromatic N) is 1. The van der Waals surface area contributed by atoms with E-state index < -0.39 is 5.41 Å². The third-order valence-corrected chi connectivity index (χ3v) is 11.9. The molecule has 0 radical (unpaired) electrons. The van der Waals surface area contributed by atoms with E-state index in [1.807, 2.05) is 0 Å². The third-order valence-electron chi connectivity index (χ3n) is 11.9. The maximum Gasteiger partial charge on any atom is 0.0788 e. The lowest BCUT2D eigenvalue weighted by Gasteiger charge is -2.34. The minimum Gasteiger partial charge on any atom is -0.247 e. The molecule has 0 aliphatic heterocycles. The highest BCUT2D eigenvalue weighted by Crippen LogP contribution is 2.58. The first-order valence-electron chi connectivity index (χ1n) is 19.7. The molecule has 0 unspecified atom stereocenters. The van der Waals surface area contributed by atoms with Crippen molar-refractivity contribution >= 4 is 21.7 Å². The van der Waals surface area contributed by atoms with E-state index in [0.717, 1.165) is 22.2 Å². The van der Waals surface area contributed by atoms with E-state index in [1.54, 1.807) is 0 Å². The predicted octanol–water partition coefficient (Wildman–Crippen LogP) is 14.4. The summed E-state index contributed by atoms with van der Waals surface area (Å²) in [7, 11) is 0. The van der Waals surface area contributed by atoms with Gasteiger partial charge in [0.1, 0.15) is 0 Å². The van der Waals surface area contributed by atoms with Gasteiger partial charge in [-0.2, -0.15) is 0 Å². The van der Waals surface area contributed by atoms with Gasteiger partial charge in [-0.15, -0.1) is 0 Å². The highest BCUT2D eigenvalue weighted by Gasteiger charge is 2.46. The lowest BCUT2D eigenvalue weighted by Crippen LogP contribution is -2.28. The molecule has 1 aromatic heterocycles. The maximum absolute atomic E-state index is 5.42. The van der Waals surface area contributed by atoms with Gasteiger partial charge in [-0.3, -0.25) is 0 Å². The molecule has 1 aliphatic rings. The lowest BCUT2D eigenvalue weighted by atomic mass is 9.67. The van der Waals surface area contributed by atoms with Crippen LogP contribution in [0.1, 0.15) is 22.3 Å². The lowest BCUT2D eigenvalue weighted by molar-refractivity contribution is 0.769. The van der Waals surface area contributed by atoms with Crippen molar-refractivity contribution < 1.29 is 0 Å². The first-order chi connectivity index (χ1) is 28.3. The molecule has 0 fully saturated rings. The van der Waals surface area contributed by atoms with Crippen LogP contribution >= 0.6 is 0 Å². The van der Waals surface area contributed by atoms with Crippen molar-refractivity contribution in [2.24, 2.45) is 0 Å². The van der Waals surface area contributed by atoms with Gasteiger partial charge in [0.2, 0.25) is 0 Å². The largest absolute Gasteiger partial charge is 0.247 e. The quantitative estimate of drug-likeness (QED) is 0.156. The summed E-state index contributed by atoms with van der Waals surface area (Å²) >= 11 is 0. The highest BCUT2D eigenvalue weighted by atomic mass is 14.7.